The van der Waals surface area contributed by atoms with Crippen LogP contribution in [0, 0.1) is 0 Å². The second-order valence-electron chi connectivity index (χ2n) is 9.31. The summed E-state index contributed by atoms with van der Waals surface area (Å²) in [6, 6.07) is 26.8. The van der Waals surface area contributed by atoms with Gasteiger partial charge in [0.05, 0.1) is 12.5 Å². The molecule has 0 bridgehead atoms. The van der Waals surface area contributed by atoms with E-state index in [9.17, 15) is 4.79 Å². The fourth-order valence-electron chi connectivity index (χ4n) is 5.36. The predicted molar refractivity (Wildman–Crippen MR) is 143 cm³/mol. The molecule has 3 heterocycles. The SMILES string of the molecule is COC(=O)c1c(OCc2ccccc2)c2cccc(N3CCC(c4ccccc4)CC3)c2c2ncnn12. The third kappa shape index (κ3) is 4.27. The smallest absolute Gasteiger partial charge is 0.360 e. The largest absolute Gasteiger partial charge is 0.486 e. The summed E-state index contributed by atoms with van der Waals surface area (Å²) in [6.45, 7) is 2.17. The van der Waals surface area contributed by atoms with E-state index in [1.165, 1.54) is 19.0 Å². The van der Waals surface area contributed by atoms with E-state index < -0.39 is 5.97 Å². The number of aromatic nitrogens is 3. The molecule has 0 atom stereocenters. The Bertz CT molecular complexity index is 1540. The summed E-state index contributed by atoms with van der Waals surface area (Å²) in [5.74, 6) is 0.482. The first-order valence-electron chi connectivity index (χ1n) is 12.6. The summed E-state index contributed by atoms with van der Waals surface area (Å²) in [5.41, 5.74) is 4.33. The van der Waals surface area contributed by atoms with Crippen molar-refractivity contribution >= 4 is 28.1 Å². The number of hydrogen-bond acceptors (Lipinski definition) is 6. The number of carbonyl (C=O) groups excluding carboxylic acids is 1. The molecule has 0 N–H and O–H groups in total. The number of fused-ring (bicyclic) bond motifs is 3. The maximum Gasteiger partial charge on any atom is 0.360 e. The number of rotatable bonds is 6. The van der Waals surface area contributed by atoms with Crippen molar-refractivity contribution in [1.82, 2.24) is 14.6 Å². The highest BCUT2D eigenvalue weighted by Gasteiger charge is 2.28. The lowest BCUT2D eigenvalue weighted by molar-refractivity contribution is 0.0585. The fourth-order valence-corrected chi connectivity index (χ4v) is 5.36. The van der Waals surface area contributed by atoms with Crippen LogP contribution < -0.4 is 9.64 Å². The minimum atomic E-state index is -0.519. The number of piperidine rings is 1. The molecule has 0 spiro atoms. The van der Waals surface area contributed by atoms with Crippen LogP contribution in [0.4, 0.5) is 5.69 Å². The molecule has 1 aliphatic rings. The fraction of sp³-hybridized carbons (Fsp3) is 0.233. The first kappa shape index (κ1) is 23.0. The summed E-state index contributed by atoms with van der Waals surface area (Å²) >= 11 is 0. The topological polar surface area (TPSA) is 69.0 Å². The van der Waals surface area contributed by atoms with Crippen molar-refractivity contribution in [3.63, 3.8) is 0 Å². The van der Waals surface area contributed by atoms with Gasteiger partial charge in [-0.1, -0.05) is 72.8 Å². The van der Waals surface area contributed by atoms with E-state index in [4.69, 9.17) is 9.47 Å². The Morgan fingerprint density at radius 3 is 2.41 bits per heavy atom. The van der Waals surface area contributed by atoms with E-state index in [0.29, 0.717) is 23.9 Å². The van der Waals surface area contributed by atoms with Crippen LogP contribution in [0.2, 0.25) is 0 Å². The zero-order valence-corrected chi connectivity index (χ0v) is 20.7. The number of esters is 1. The van der Waals surface area contributed by atoms with Crippen LogP contribution in [0.1, 0.15) is 40.4 Å². The third-order valence-electron chi connectivity index (χ3n) is 7.20. The Morgan fingerprint density at radius 2 is 1.68 bits per heavy atom. The van der Waals surface area contributed by atoms with Gasteiger partial charge >= 0.3 is 5.97 Å². The summed E-state index contributed by atoms with van der Waals surface area (Å²) in [5, 5.41) is 6.14. The molecule has 0 aliphatic carbocycles. The maximum absolute atomic E-state index is 13.0. The van der Waals surface area contributed by atoms with Gasteiger partial charge in [-0.15, -0.1) is 0 Å². The van der Waals surface area contributed by atoms with Gasteiger partial charge in [-0.3, -0.25) is 0 Å². The Balaban J connectivity index is 1.43. The number of nitrogens with zero attached hydrogens (tertiary/aromatic N) is 4. The number of anilines is 1. The third-order valence-corrected chi connectivity index (χ3v) is 7.20. The summed E-state index contributed by atoms with van der Waals surface area (Å²) < 4.78 is 13.0. The molecule has 0 radical (unpaired) electrons. The van der Waals surface area contributed by atoms with Crippen molar-refractivity contribution in [2.45, 2.75) is 25.4 Å². The lowest BCUT2D eigenvalue weighted by Crippen LogP contribution is -2.33. The second kappa shape index (κ2) is 9.93. The Kier molecular flexibility index (Phi) is 6.18. The predicted octanol–water partition coefficient (Wildman–Crippen LogP) is 5.63. The summed E-state index contributed by atoms with van der Waals surface area (Å²) in [4.78, 5) is 19.9. The zero-order valence-electron chi connectivity index (χ0n) is 20.7. The number of methoxy groups -OCH3 is 1. The van der Waals surface area contributed by atoms with Crippen molar-refractivity contribution in [1.29, 1.82) is 0 Å². The van der Waals surface area contributed by atoms with Crippen LogP contribution in [0.25, 0.3) is 16.4 Å². The molecule has 1 fully saturated rings. The molecular formula is C30H28N4O3. The van der Waals surface area contributed by atoms with Crippen molar-refractivity contribution < 1.29 is 14.3 Å². The van der Waals surface area contributed by atoms with Crippen LogP contribution in [-0.2, 0) is 11.3 Å². The molecule has 186 valence electrons. The van der Waals surface area contributed by atoms with E-state index in [2.05, 4.69) is 51.4 Å². The van der Waals surface area contributed by atoms with Gasteiger partial charge in [-0.25, -0.2) is 14.3 Å². The zero-order chi connectivity index (χ0) is 25.2. The lowest BCUT2D eigenvalue weighted by atomic mass is 9.89. The molecule has 3 aromatic carbocycles. The van der Waals surface area contributed by atoms with Gasteiger partial charge in [0.2, 0.25) is 0 Å². The van der Waals surface area contributed by atoms with Crippen molar-refractivity contribution in [3.8, 4) is 5.75 Å². The molecule has 37 heavy (non-hydrogen) atoms. The highest BCUT2D eigenvalue weighted by Crippen LogP contribution is 2.40. The Labute approximate surface area is 215 Å². The first-order chi connectivity index (χ1) is 18.2. The van der Waals surface area contributed by atoms with Crippen LogP contribution >= 0.6 is 0 Å². The van der Waals surface area contributed by atoms with Crippen molar-refractivity contribution in [2.75, 3.05) is 25.1 Å². The monoisotopic (exact) mass is 492 g/mol. The molecule has 6 rings (SSSR count). The van der Waals surface area contributed by atoms with E-state index in [-0.39, 0.29) is 5.69 Å². The summed E-state index contributed by atoms with van der Waals surface area (Å²) in [7, 11) is 1.36. The minimum absolute atomic E-state index is 0.235. The molecule has 0 saturated carbocycles. The number of carbonyl (C=O) groups is 1. The van der Waals surface area contributed by atoms with Crippen LogP contribution in [0.5, 0.6) is 5.75 Å². The quantitative estimate of drug-likeness (QED) is 0.286. The molecule has 5 aromatic rings. The first-order valence-corrected chi connectivity index (χ1v) is 12.6. The molecular weight excluding hydrogens is 464 g/mol. The van der Waals surface area contributed by atoms with Crippen molar-refractivity contribution in [2.24, 2.45) is 0 Å². The number of pyridine rings is 1. The number of hydrogen-bond donors (Lipinski definition) is 0. The van der Waals surface area contributed by atoms with Gasteiger partial charge in [0, 0.05) is 24.2 Å². The molecule has 0 unspecified atom stereocenters. The average Bonchev–Trinajstić information content (AvgIpc) is 3.46. The van der Waals surface area contributed by atoms with Gasteiger partial charge in [-0.05, 0) is 36.0 Å². The molecule has 0 amide bonds. The summed E-state index contributed by atoms with van der Waals surface area (Å²) in [6.07, 6.45) is 3.61. The molecule has 1 aliphatic heterocycles. The normalized spacial score (nSPS) is 14.2. The van der Waals surface area contributed by atoms with Crippen LogP contribution in [0.3, 0.4) is 0 Å². The standard InChI is InChI=1S/C30H28N4O3/c1-36-30(35)27-28(37-19-21-9-4-2-5-10-21)24-13-8-14-25(26(24)29-31-20-32-34(27)29)33-17-15-23(16-18-33)22-11-6-3-7-12-22/h2-14,20,23H,15-19H2,1H3. The van der Waals surface area contributed by atoms with Gasteiger partial charge < -0.3 is 14.4 Å². The molecule has 7 nitrogen and oxygen atoms in total. The molecule has 7 heteroatoms. The van der Waals surface area contributed by atoms with Gasteiger partial charge in [0.25, 0.3) is 0 Å². The number of benzene rings is 3. The van der Waals surface area contributed by atoms with Gasteiger partial charge in [0.15, 0.2) is 17.1 Å². The van der Waals surface area contributed by atoms with E-state index in [1.54, 1.807) is 4.52 Å². The Morgan fingerprint density at radius 1 is 0.946 bits per heavy atom. The Hall–Kier alpha value is -4.39. The van der Waals surface area contributed by atoms with E-state index in [0.717, 1.165) is 48.0 Å². The van der Waals surface area contributed by atoms with E-state index >= 15 is 0 Å². The number of ether oxygens (including phenoxy) is 2. The average molecular weight is 493 g/mol. The van der Waals surface area contributed by atoms with Gasteiger partial charge in [-0.2, -0.15) is 5.10 Å². The van der Waals surface area contributed by atoms with E-state index in [1.807, 2.05) is 42.5 Å². The highest BCUT2D eigenvalue weighted by molar-refractivity contribution is 6.10. The minimum Gasteiger partial charge on any atom is -0.486 e. The lowest BCUT2D eigenvalue weighted by Gasteiger charge is -2.34. The molecule has 1 saturated heterocycles. The van der Waals surface area contributed by atoms with Crippen LogP contribution in [0.15, 0.2) is 85.2 Å². The van der Waals surface area contributed by atoms with Gasteiger partial charge in [0.1, 0.15) is 12.9 Å². The van der Waals surface area contributed by atoms with Crippen molar-refractivity contribution in [3.05, 3.63) is 102 Å². The second-order valence-corrected chi connectivity index (χ2v) is 9.31. The highest BCUT2D eigenvalue weighted by atomic mass is 16.5. The maximum atomic E-state index is 13.0. The molecule has 2 aromatic heterocycles. The van der Waals surface area contributed by atoms with Crippen LogP contribution in [-0.4, -0.2) is 40.8 Å².